The van der Waals surface area contributed by atoms with Gasteiger partial charge in [-0.3, -0.25) is 4.79 Å². The summed E-state index contributed by atoms with van der Waals surface area (Å²) >= 11 is 0.829. The zero-order valence-corrected chi connectivity index (χ0v) is 18.2. The number of sulfonamides is 1. The van der Waals surface area contributed by atoms with Crippen LogP contribution in [0.15, 0.2) is 70.9 Å². The first-order valence-electron chi connectivity index (χ1n) is 9.50. The number of hydrogen-bond acceptors (Lipinski definition) is 5. The Morgan fingerprint density at radius 1 is 1.03 bits per heavy atom. The van der Waals surface area contributed by atoms with E-state index in [2.05, 4.69) is 6.92 Å². The van der Waals surface area contributed by atoms with Crippen LogP contribution in [0.25, 0.3) is 0 Å². The summed E-state index contributed by atoms with van der Waals surface area (Å²) in [5.41, 5.74) is 2.79. The maximum atomic E-state index is 13.1. The molecule has 1 unspecified atom stereocenters. The summed E-state index contributed by atoms with van der Waals surface area (Å²) in [5.74, 6) is -0.358. The number of thiophene rings is 1. The number of hydrogen-bond donors (Lipinski definition) is 2. The van der Waals surface area contributed by atoms with Crippen LogP contribution in [0.3, 0.4) is 0 Å². The minimum absolute atomic E-state index is 0.0683. The zero-order valence-electron chi connectivity index (χ0n) is 16.6. The molecule has 30 heavy (non-hydrogen) atoms. The second-order valence-electron chi connectivity index (χ2n) is 6.95. The van der Waals surface area contributed by atoms with E-state index >= 15 is 0 Å². The Morgan fingerprint density at radius 3 is 2.27 bits per heavy atom. The first-order valence-corrected chi connectivity index (χ1v) is 11.9. The van der Waals surface area contributed by atoms with Crippen molar-refractivity contribution in [1.82, 2.24) is 4.90 Å². The molecular formula is C22H24N2O4S2. The first-order chi connectivity index (χ1) is 14.3. The molecule has 0 aliphatic carbocycles. The molecule has 1 heterocycles. The summed E-state index contributed by atoms with van der Waals surface area (Å²) in [6, 6.07) is 19.8. The summed E-state index contributed by atoms with van der Waals surface area (Å²) in [5, 5.41) is 15.9. The van der Waals surface area contributed by atoms with Gasteiger partial charge in [-0.2, -0.15) is 0 Å². The van der Waals surface area contributed by atoms with E-state index in [1.165, 1.54) is 17.0 Å². The molecule has 0 radical (unpaired) electrons. The van der Waals surface area contributed by atoms with E-state index in [4.69, 9.17) is 5.14 Å². The Balaban J connectivity index is 1.85. The highest BCUT2D eigenvalue weighted by Gasteiger charge is 2.23. The molecule has 0 saturated carbocycles. The van der Waals surface area contributed by atoms with E-state index in [0.717, 1.165) is 34.4 Å². The van der Waals surface area contributed by atoms with Crippen molar-refractivity contribution in [3.05, 3.63) is 88.3 Å². The van der Waals surface area contributed by atoms with Gasteiger partial charge in [-0.25, -0.2) is 13.6 Å². The van der Waals surface area contributed by atoms with Crippen molar-refractivity contribution >= 4 is 27.3 Å². The molecule has 0 bridgehead atoms. The van der Waals surface area contributed by atoms with Gasteiger partial charge in [-0.15, -0.1) is 11.3 Å². The Morgan fingerprint density at radius 2 is 1.70 bits per heavy atom. The van der Waals surface area contributed by atoms with Gasteiger partial charge < -0.3 is 10.0 Å². The van der Waals surface area contributed by atoms with Gasteiger partial charge in [-0.05, 0) is 35.2 Å². The van der Waals surface area contributed by atoms with Crippen LogP contribution in [-0.2, 0) is 23.0 Å². The van der Waals surface area contributed by atoms with Crippen molar-refractivity contribution in [2.75, 3.05) is 6.54 Å². The van der Waals surface area contributed by atoms with Gasteiger partial charge in [-0.1, -0.05) is 61.5 Å². The van der Waals surface area contributed by atoms with Gasteiger partial charge in [0.15, 0.2) is 0 Å². The molecule has 0 saturated heterocycles. The number of benzene rings is 2. The average molecular weight is 445 g/mol. The number of aliphatic hydroxyl groups is 1. The monoisotopic (exact) mass is 444 g/mol. The third-order valence-electron chi connectivity index (χ3n) is 4.74. The largest absolute Gasteiger partial charge is 0.387 e. The lowest BCUT2D eigenvalue weighted by Crippen LogP contribution is -2.34. The standard InChI is InChI=1S/C22H24N2O4S2/c1-2-16-8-10-18(11-9-16)19(25)15-24(14-17-6-4-3-5-7-17)22(26)20-12-13-21(29-20)30(23,27)28/h3-13,19,25H,2,14-15H2,1H3,(H2,23,27,28). The SMILES string of the molecule is CCc1ccc(C(O)CN(Cc2ccccc2)C(=O)c2ccc(S(N)(=O)=O)s2)cc1. The number of carbonyl (C=O) groups is 1. The lowest BCUT2D eigenvalue weighted by molar-refractivity contribution is 0.0608. The van der Waals surface area contributed by atoms with Gasteiger partial charge in [0.2, 0.25) is 10.0 Å². The van der Waals surface area contributed by atoms with E-state index in [1.54, 1.807) is 0 Å². The molecule has 2 aromatic carbocycles. The third kappa shape index (κ3) is 5.54. The second kappa shape index (κ2) is 9.53. The van der Waals surface area contributed by atoms with Crippen LogP contribution in [0.4, 0.5) is 0 Å². The van der Waals surface area contributed by atoms with Crippen LogP contribution in [-0.4, -0.2) is 30.9 Å². The maximum absolute atomic E-state index is 13.1. The normalized spacial score (nSPS) is 12.5. The van der Waals surface area contributed by atoms with Gasteiger partial charge in [0.25, 0.3) is 5.91 Å². The lowest BCUT2D eigenvalue weighted by atomic mass is 10.0. The Labute approximate surface area is 180 Å². The Hall–Kier alpha value is -2.52. The summed E-state index contributed by atoms with van der Waals surface area (Å²) in [4.78, 5) is 14.9. The third-order valence-corrected chi connectivity index (χ3v) is 7.25. The van der Waals surface area contributed by atoms with E-state index in [0.29, 0.717) is 0 Å². The number of aryl methyl sites for hydroxylation is 1. The number of nitrogens with zero attached hydrogens (tertiary/aromatic N) is 1. The average Bonchev–Trinajstić information content (AvgIpc) is 3.24. The first kappa shape index (κ1) is 22.2. The van der Waals surface area contributed by atoms with E-state index in [9.17, 15) is 18.3 Å². The number of primary sulfonamides is 1. The predicted octanol–water partition coefficient (Wildman–Crippen LogP) is 3.33. The van der Waals surface area contributed by atoms with Gasteiger partial charge in [0.1, 0.15) is 4.21 Å². The molecule has 3 aromatic rings. The summed E-state index contributed by atoms with van der Waals surface area (Å²) in [6.45, 7) is 2.41. The van der Waals surface area contributed by atoms with Crippen LogP contribution in [0.5, 0.6) is 0 Å². The molecule has 0 spiro atoms. The fourth-order valence-corrected chi connectivity index (χ4v) is 4.75. The van der Waals surface area contributed by atoms with E-state index in [1.807, 2.05) is 54.6 Å². The van der Waals surface area contributed by atoms with Crippen LogP contribution < -0.4 is 5.14 Å². The minimum Gasteiger partial charge on any atom is -0.387 e. The maximum Gasteiger partial charge on any atom is 0.264 e. The molecular weight excluding hydrogens is 420 g/mol. The predicted molar refractivity (Wildman–Crippen MR) is 118 cm³/mol. The molecule has 0 fully saturated rings. The fraction of sp³-hybridized carbons (Fsp3) is 0.227. The summed E-state index contributed by atoms with van der Waals surface area (Å²) in [6.07, 6.45) is 0.0287. The highest BCUT2D eigenvalue weighted by Crippen LogP contribution is 2.24. The number of carbonyl (C=O) groups excluding carboxylic acids is 1. The van der Waals surface area contributed by atoms with E-state index < -0.39 is 16.1 Å². The van der Waals surface area contributed by atoms with Gasteiger partial charge in [0, 0.05) is 6.54 Å². The number of aliphatic hydroxyl groups excluding tert-OH is 1. The molecule has 1 aromatic heterocycles. The van der Waals surface area contributed by atoms with Crippen molar-refractivity contribution in [3.8, 4) is 0 Å². The van der Waals surface area contributed by atoms with Gasteiger partial charge >= 0.3 is 0 Å². The van der Waals surface area contributed by atoms with Crippen LogP contribution in [0.1, 0.15) is 39.4 Å². The molecule has 1 atom stereocenters. The quantitative estimate of drug-likeness (QED) is 0.556. The molecule has 8 heteroatoms. The molecule has 158 valence electrons. The smallest absolute Gasteiger partial charge is 0.264 e. The van der Waals surface area contributed by atoms with Crippen molar-refractivity contribution in [1.29, 1.82) is 0 Å². The molecule has 0 aliphatic heterocycles. The highest BCUT2D eigenvalue weighted by atomic mass is 32.2. The lowest BCUT2D eigenvalue weighted by Gasteiger charge is -2.25. The Bertz CT molecular complexity index is 1090. The molecule has 6 nitrogen and oxygen atoms in total. The highest BCUT2D eigenvalue weighted by molar-refractivity contribution is 7.91. The topological polar surface area (TPSA) is 101 Å². The van der Waals surface area contributed by atoms with Crippen molar-refractivity contribution in [2.45, 2.75) is 30.2 Å². The Kier molecular flexibility index (Phi) is 7.04. The molecule has 1 amide bonds. The van der Waals surface area contributed by atoms with Gasteiger partial charge in [0.05, 0.1) is 17.5 Å². The van der Waals surface area contributed by atoms with Crippen LogP contribution in [0.2, 0.25) is 0 Å². The van der Waals surface area contributed by atoms with Crippen molar-refractivity contribution < 1.29 is 18.3 Å². The molecule has 3 N–H and O–H groups in total. The molecule has 3 rings (SSSR count). The van der Waals surface area contributed by atoms with Crippen LogP contribution >= 0.6 is 11.3 Å². The minimum atomic E-state index is -3.87. The number of amides is 1. The summed E-state index contributed by atoms with van der Waals surface area (Å²) in [7, 11) is -3.87. The van der Waals surface area contributed by atoms with Crippen LogP contribution in [0, 0.1) is 0 Å². The van der Waals surface area contributed by atoms with E-state index in [-0.39, 0.29) is 28.1 Å². The van der Waals surface area contributed by atoms with Crippen molar-refractivity contribution in [2.24, 2.45) is 5.14 Å². The van der Waals surface area contributed by atoms with Crippen molar-refractivity contribution in [3.63, 3.8) is 0 Å². The number of rotatable bonds is 8. The molecule has 0 aliphatic rings. The summed E-state index contributed by atoms with van der Waals surface area (Å²) < 4.78 is 23.1. The number of nitrogens with two attached hydrogens (primary N) is 1. The second-order valence-corrected chi connectivity index (χ2v) is 9.82. The fourth-order valence-electron chi connectivity index (χ4n) is 3.06. The zero-order chi connectivity index (χ0) is 21.7.